The van der Waals surface area contributed by atoms with Gasteiger partial charge in [-0.15, -0.1) is 0 Å². The molecule has 11 nitrogen and oxygen atoms in total. The maximum absolute atomic E-state index is 13.5. The number of benzene rings is 1. The second kappa shape index (κ2) is 12.4. The summed E-state index contributed by atoms with van der Waals surface area (Å²) in [4.78, 5) is 66.8. The summed E-state index contributed by atoms with van der Waals surface area (Å²) in [5.74, 6) is -1.37. The molecule has 4 amide bonds. The summed E-state index contributed by atoms with van der Waals surface area (Å²) in [5, 5.41) is 8.70. The molecule has 38 heavy (non-hydrogen) atoms. The smallest absolute Gasteiger partial charge is 0.325 e. The highest BCUT2D eigenvalue weighted by atomic mass is 16.5. The molecule has 0 aliphatic carbocycles. The molecule has 3 fully saturated rings. The molecule has 0 radical (unpaired) electrons. The minimum absolute atomic E-state index is 0.0168. The SMILES string of the molecule is CN[C@@H](C)C(=O)N[C@H]1CCCC[C@H]2CC[C@@H](C(=O)NCc3cccc(C(=O)N4CCOC(=O)C4)c3)N2C1=O. The summed E-state index contributed by atoms with van der Waals surface area (Å²) >= 11 is 0. The number of esters is 1. The Morgan fingerprint density at radius 1 is 1.11 bits per heavy atom. The standard InChI is InChI=1S/C27H37N5O6/c1-17(28-2)24(34)30-21-9-4-3-8-20-10-11-22(32(20)27(21)37)25(35)29-15-18-6-5-7-19(14-18)26(36)31-12-13-38-23(33)16-31/h5-7,14,17,20-22,28H,3-4,8-13,15-16H2,1-2H3,(H,29,35)(H,30,34)/t17-,20-,21-,22-/m0/s1. The first kappa shape index (κ1) is 27.6. The minimum Gasteiger partial charge on any atom is -0.462 e. The van der Waals surface area contributed by atoms with Crippen LogP contribution in [0.4, 0.5) is 0 Å². The predicted octanol–water partition coefficient (Wildman–Crippen LogP) is 0.328. The van der Waals surface area contributed by atoms with E-state index in [1.54, 1.807) is 37.1 Å². The van der Waals surface area contributed by atoms with E-state index < -0.39 is 24.1 Å². The summed E-state index contributed by atoms with van der Waals surface area (Å²) < 4.78 is 4.90. The van der Waals surface area contributed by atoms with E-state index in [-0.39, 0.29) is 49.4 Å². The van der Waals surface area contributed by atoms with E-state index in [1.807, 2.05) is 6.07 Å². The van der Waals surface area contributed by atoms with E-state index in [0.717, 1.165) is 31.2 Å². The van der Waals surface area contributed by atoms with Crippen LogP contribution >= 0.6 is 0 Å². The lowest BCUT2D eigenvalue weighted by molar-refractivity contribution is -0.149. The average Bonchev–Trinajstić information content (AvgIpc) is 3.34. The van der Waals surface area contributed by atoms with Crippen molar-refractivity contribution in [3.8, 4) is 0 Å². The Hall–Kier alpha value is -3.47. The van der Waals surface area contributed by atoms with Crippen LogP contribution in [0.3, 0.4) is 0 Å². The van der Waals surface area contributed by atoms with Crippen LogP contribution in [0, 0.1) is 0 Å². The number of likely N-dealkylation sites (N-methyl/N-ethyl adjacent to an activating group) is 1. The number of rotatable bonds is 7. The monoisotopic (exact) mass is 527 g/mol. The van der Waals surface area contributed by atoms with Crippen LogP contribution in [0.25, 0.3) is 0 Å². The Kier molecular flexibility index (Phi) is 8.98. The highest BCUT2D eigenvalue weighted by Crippen LogP contribution is 2.31. The second-order valence-corrected chi connectivity index (χ2v) is 10.2. The van der Waals surface area contributed by atoms with Gasteiger partial charge < -0.3 is 30.5 Å². The molecule has 3 N–H and O–H groups in total. The molecule has 4 rings (SSSR count). The number of amides is 4. The number of nitrogens with one attached hydrogen (secondary N) is 3. The summed E-state index contributed by atoms with van der Waals surface area (Å²) in [5.41, 5.74) is 1.17. The van der Waals surface area contributed by atoms with Gasteiger partial charge in [0.1, 0.15) is 25.2 Å². The molecule has 3 aliphatic heterocycles. The molecule has 1 aromatic carbocycles. The maximum Gasteiger partial charge on any atom is 0.325 e. The third-order valence-electron chi connectivity index (χ3n) is 7.65. The zero-order valence-corrected chi connectivity index (χ0v) is 22.0. The van der Waals surface area contributed by atoms with Crippen LogP contribution in [0.5, 0.6) is 0 Å². The average molecular weight is 528 g/mol. The predicted molar refractivity (Wildman–Crippen MR) is 138 cm³/mol. The van der Waals surface area contributed by atoms with Gasteiger partial charge >= 0.3 is 5.97 Å². The van der Waals surface area contributed by atoms with Gasteiger partial charge in [0, 0.05) is 18.2 Å². The Morgan fingerprint density at radius 3 is 2.66 bits per heavy atom. The van der Waals surface area contributed by atoms with Crippen molar-refractivity contribution < 1.29 is 28.7 Å². The van der Waals surface area contributed by atoms with Crippen molar-refractivity contribution in [3.05, 3.63) is 35.4 Å². The van der Waals surface area contributed by atoms with Gasteiger partial charge in [-0.25, -0.2) is 0 Å². The molecule has 3 saturated heterocycles. The molecule has 11 heteroatoms. The molecule has 0 aromatic heterocycles. The molecule has 1 aromatic rings. The first-order valence-corrected chi connectivity index (χ1v) is 13.4. The third-order valence-corrected chi connectivity index (χ3v) is 7.65. The van der Waals surface area contributed by atoms with Gasteiger partial charge in [-0.1, -0.05) is 25.0 Å². The zero-order chi connectivity index (χ0) is 27.2. The lowest BCUT2D eigenvalue weighted by atomic mass is 9.98. The summed E-state index contributed by atoms with van der Waals surface area (Å²) in [6.07, 6.45) is 4.50. The summed E-state index contributed by atoms with van der Waals surface area (Å²) in [7, 11) is 1.69. The fraction of sp³-hybridized carbons (Fsp3) is 0.593. The zero-order valence-electron chi connectivity index (χ0n) is 22.0. The van der Waals surface area contributed by atoms with Crippen molar-refractivity contribution >= 4 is 29.6 Å². The molecule has 3 heterocycles. The van der Waals surface area contributed by atoms with E-state index in [1.165, 1.54) is 4.90 Å². The first-order valence-electron chi connectivity index (χ1n) is 13.4. The molecule has 0 saturated carbocycles. The second-order valence-electron chi connectivity index (χ2n) is 10.2. The van der Waals surface area contributed by atoms with Gasteiger partial charge in [0.25, 0.3) is 5.91 Å². The van der Waals surface area contributed by atoms with E-state index in [4.69, 9.17) is 4.74 Å². The number of ether oxygens (including phenoxy) is 1. The van der Waals surface area contributed by atoms with Crippen LogP contribution in [-0.2, 0) is 30.5 Å². The van der Waals surface area contributed by atoms with Crippen LogP contribution in [0.2, 0.25) is 0 Å². The normalized spacial score (nSPS) is 24.5. The minimum atomic E-state index is -0.649. The quantitative estimate of drug-likeness (QED) is 0.435. The Balaban J connectivity index is 1.40. The van der Waals surface area contributed by atoms with E-state index in [9.17, 15) is 24.0 Å². The topological polar surface area (TPSA) is 137 Å². The highest BCUT2D eigenvalue weighted by Gasteiger charge is 2.43. The van der Waals surface area contributed by atoms with Crippen molar-refractivity contribution in [1.29, 1.82) is 0 Å². The van der Waals surface area contributed by atoms with Crippen LogP contribution < -0.4 is 16.0 Å². The van der Waals surface area contributed by atoms with Crippen LogP contribution in [0.1, 0.15) is 61.4 Å². The third kappa shape index (κ3) is 6.32. The number of cyclic esters (lactones) is 1. The van der Waals surface area contributed by atoms with Crippen molar-refractivity contribution in [2.45, 2.75) is 76.2 Å². The van der Waals surface area contributed by atoms with Crippen molar-refractivity contribution in [2.75, 3.05) is 26.7 Å². The van der Waals surface area contributed by atoms with Crippen LogP contribution in [-0.4, -0.2) is 90.3 Å². The van der Waals surface area contributed by atoms with Gasteiger partial charge in [-0.05, 0) is 57.4 Å². The Labute approximate surface area is 222 Å². The maximum atomic E-state index is 13.5. The lowest BCUT2D eigenvalue weighted by Gasteiger charge is -2.35. The molecular formula is C27H37N5O6. The summed E-state index contributed by atoms with van der Waals surface area (Å²) in [6, 6.07) is 5.25. The van der Waals surface area contributed by atoms with Crippen molar-refractivity contribution in [3.63, 3.8) is 0 Å². The molecule has 3 aliphatic rings. The highest BCUT2D eigenvalue weighted by molar-refractivity contribution is 5.96. The van der Waals surface area contributed by atoms with Gasteiger partial charge in [0.05, 0.1) is 12.6 Å². The fourth-order valence-corrected chi connectivity index (χ4v) is 5.38. The number of carbonyl (C=O) groups is 5. The van der Waals surface area contributed by atoms with Crippen molar-refractivity contribution in [1.82, 2.24) is 25.8 Å². The van der Waals surface area contributed by atoms with E-state index in [0.29, 0.717) is 24.9 Å². The van der Waals surface area contributed by atoms with E-state index in [2.05, 4.69) is 16.0 Å². The van der Waals surface area contributed by atoms with Gasteiger partial charge in [-0.2, -0.15) is 0 Å². The molecule has 0 bridgehead atoms. The number of hydrogen-bond donors (Lipinski definition) is 3. The largest absolute Gasteiger partial charge is 0.462 e. The molecule has 0 unspecified atom stereocenters. The molecule has 206 valence electrons. The van der Waals surface area contributed by atoms with Crippen molar-refractivity contribution in [2.24, 2.45) is 0 Å². The number of fused-ring (bicyclic) bond motifs is 1. The number of carbonyl (C=O) groups excluding carboxylic acids is 5. The summed E-state index contributed by atoms with van der Waals surface area (Å²) in [6.45, 7) is 2.37. The number of hydrogen-bond acceptors (Lipinski definition) is 7. The van der Waals surface area contributed by atoms with E-state index >= 15 is 0 Å². The Morgan fingerprint density at radius 2 is 1.89 bits per heavy atom. The molecule has 4 atom stereocenters. The van der Waals surface area contributed by atoms with Gasteiger partial charge in [0.2, 0.25) is 17.7 Å². The lowest BCUT2D eigenvalue weighted by Crippen LogP contribution is -2.57. The Bertz CT molecular complexity index is 1080. The first-order chi connectivity index (χ1) is 18.3. The number of morpholine rings is 1. The number of nitrogens with zero attached hydrogens (tertiary/aromatic N) is 2. The van der Waals surface area contributed by atoms with Gasteiger partial charge in [0.15, 0.2) is 0 Å². The molecular weight excluding hydrogens is 490 g/mol. The molecule has 0 spiro atoms. The van der Waals surface area contributed by atoms with Gasteiger partial charge in [-0.3, -0.25) is 24.0 Å². The fourth-order valence-electron chi connectivity index (χ4n) is 5.38. The van der Waals surface area contributed by atoms with Crippen LogP contribution in [0.15, 0.2) is 24.3 Å².